The van der Waals surface area contributed by atoms with E-state index in [-0.39, 0.29) is 30.2 Å². The number of alkyl halides is 3. The molecule has 0 bridgehead atoms. The van der Waals surface area contributed by atoms with Crippen molar-refractivity contribution >= 4 is 23.3 Å². The van der Waals surface area contributed by atoms with Crippen LogP contribution in [-0.2, 0) is 22.2 Å². The summed E-state index contributed by atoms with van der Waals surface area (Å²) < 4.78 is 37.9. The van der Waals surface area contributed by atoms with Gasteiger partial charge in [0.25, 0.3) is 0 Å². The molecule has 1 aromatic carbocycles. The minimum absolute atomic E-state index is 0.0203. The van der Waals surface area contributed by atoms with Gasteiger partial charge in [0, 0.05) is 37.4 Å². The van der Waals surface area contributed by atoms with Gasteiger partial charge in [-0.15, -0.1) is 0 Å². The first-order valence-electron chi connectivity index (χ1n) is 11.3. The Morgan fingerprint density at radius 3 is 2.52 bits per heavy atom. The second kappa shape index (κ2) is 9.80. The van der Waals surface area contributed by atoms with Crippen LogP contribution in [0.15, 0.2) is 42.6 Å². The topological polar surface area (TPSA) is 74.3 Å². The van der Waals surface area contributed by atoms with Crippen LogP contribution in [0.5, 0.6) is 0 Å². The Morgan fingerprint density at radius 2 is 1.79 bits per heavy atom. The van der Waals surface area contributed by atoms with Gasteiger partial charge in [0.1, 0.15) is 5.82 Å². The third kappa shape index (κ3) is 5.29. The molecule has 2 N–H and O–H groups in total. The highest BCUT2D eigenvalue weighted by atomic mass is 19.4. The van der Waals surface area contributed by atoms with E-state index in [2.05, 4.69) is 15.6 Å². The molecule has 1 saturated carbocycles. The lowest BCUT2D eigenvalue weighted by Crippen LogP contribution is -2.45. The second-order valence-electron chi connectivity index (χ2n) is 8.51. The fourth-order valence-corrected chi connectivity index (χ4v) is 4.68. The SMILES string of the molecule is O=C(NCCNc1ccc(C(F)(F)F)cn1)[C@H]1CCCC[C@@H]1C(=O)N1CCc2ccccc21. The standard InChI is InChI=1S/C24H27F3N4O2/c25-24(26,27)17-9-10-21(30-15-17)28-12-13-29-22(32)18-6-2-3-7-19(18)23(33)31-14-11-16-5-1-4-8-20(16)31/h1,4-5,8-10,15,18-19H,2-3,6-7,11-14H2,(H,28,30)(H,29,32)/t18-,19-/m0/s1. The van der Waals surface area contributed by atoms with E-state index in [0.29, 0.717) is 31.7 Å². The van der Waals surface area contributed by atoms with Crippen LogP contribution < -0.4 is 15.5 Å². The zero-order valence-electron chi connectivity index (χ0n) is 18.2. The summed E-state index contributed by atoms with van der Waals surface area (Å²) in [4.78, 5) is 31.8. The molecule has 2 atom stereocenters. The number of rotatable bonds is 6. The summed E-state index contributed by atoms with van der Waals surface area (Å²) in [6.07, 6.45) is 0.382. The highest BCUT2D eigenvalue weighted by Crippen LogP contribution is 2.36. The lowest BCUT2D eigenvalue weighted by atomic mass is 9.77. The number of nitrogens with zero attached hydrogens (tertiary/aromatic N) is 2. The Kier molecular flexibility index (Phi) is 6.85. The van der Waals surface area contributed by atoms with Crippen LogP contribution in [0, 0.1) is 11.8 Å². The third-order valence-corrected chi connectivity index (χ3v) is 6.39. The van der Waals surface area contributed by atoms with E-state index in [1.807, 2.05) is 29.2 Å². The van der Waals surface area contributed by atoms with Gasteiger partial charge in [0.2, 0.25) is 11.8 Å². The van der Waals surface area contributed by atoms with Crippen LogP contribution >= 0.6 is 0 Å². The molecule has 176 valence electrons. The highest BCUT2D eigenvalue weighted by molar-refractivity contribution is 5.99. The maximum absolute atomic E-state index is 13.3. The smallest absolute Gasteiger partial charge is 0.368 e. The number of pyridine rings is 1. The number of para-hydroxylation sites is 1. The number of hydrogen-bond donors (Lipinski definition) is 2. The number of nitrogens with one attached hydrogen (secondary N) is 2. The Morgan fingerprint density at radius 1 is 1.03 bits per heavy atom. The monoisotopic (exact) mass is 460 g/mol. The van der Waals surface area contributed by atoms with Gasteiger partial charge >= 0.3 is 6.18 Å². The molecule has 4 rings (SSSR count). The predicted molar refractivity (Wildman–Crippen MR) is 119 cm³/mol. The van der Waals surface area contributed by atoms with Crippen molar-refractivity contribution in [3.8, 4) is 0 Å². The zero-order valence-corrected chi connectivity index (χ0v) is 18.2. The molecule has 2 amide bonds. The van der Waals surface area contributed by atoms with Crippen LogP contribution in [0.3, 0.4) is 0 Å². The summed E-state index contributed by atoms with van der Waals surface area (Å²) in [5, 5.41) is 5.78. The van der Waals surface area contributed by atoms with Gasteiger partial charge in [-0.2, -0.15) is 13.2 Å². The van der Waals surface area contributed by atoms with E-state index in [0.717, 1.165) is 42.8 Å². The van der Waals surface area contributed by atoms with Crippen molar-refractivity contribution in [2.45, 2.75) is 38.3 Å². The van der Waals surface area contributed by atoms with Crippen LogP contribution in [0.4, 0.5) is 24.7 Å². The van der Waals surface area contributed by atoms with Gasteiger partial charge in [-0.25, -0.2) is 4.98 Å². The summed E-state index contributed by atoms with van der Waals surface area (Å²) in [5.74, 6) is -0.539. The maximum Gasteiger partial charge on any atom is 0.417 e. The quantitative estimate of drug-likeness (QED) is 0.639. The third-order valence-electron chi connectivity index (χ3n) is 6.39. The van der Waals surface area contributed by atoms with Crippen molar-refractivity contribution < 1.29 is 22.8 Å². The van der Waals surface area contributed by atoms with Gasteiger partial charge in [-0.1, -0.05) is 31.0 Å². The van der Waals surface area contributed by atoms with Gasteiger partial charge in [-0.05, 0) is 43.0 Å². The number of fused-ring (bicyclic) bond motifs is 1. The second-order valence-corrected chi connectivity index (χ2v) is 8.51. The average Bonchev–Trinajstić information content (AvgIpc) is 3.25. The van der Waals surface area contributed by atoms with Crippen molar-refractivity contribution in [2.24, 2.45) is 11.8 Å². The van der Waals surface area contributed by atoms with Crippen molar-refractivity contribution in [3.63, 3.8) is 0 Å². The fraction of sp³-hybridized carbons (Fsp3) is 0.458. The first-order valence-corrected chi connectivity index (χ1v) is 11.3. The van der Waals surface area contributed by atoms with Gasteiger partial charge in [0.05, 0.1) is 11.5 Å². The summed E-state index contributed by atoms with van der Waals surface area (Å²) in [7, 11) is 0. The molecule has 0 unspecified atom stereocenters. The number of carbonyl (C=O) groups is 2. The van der Waals surface area contributed by atoms with Crippen molar-refractivity contribution in [1.29, 1.82) is 0 Å². The summed E-state index contributed by atoms with van der Waals surface area (Å²) in [6.45, 7) is 1.24. The van der Waals surface area contributed by atoms with Gasteiger partial charge < -0.3 is 15.5 Å². The lowest BCUT2D eigenvalue weighted by molar-refractivity contribution is -0.137. The van der Waals surface area contributed by atoms with Gasteiger partial charge in [-0.3, -0.25) is 9.59 Å². The molecule has 1 fully saturated rings. The summed E-state index contributed by atoms with van der Waals surface area (Å²) >= 11 is 0. The van der Waals surface area contributed by atoms with Crippen LogP contribution in [-0.4, -0.2) is 36.4 Å². The fourth-order valence-electron chi connectivity index (χ4n) is 4.68. The molecule has 33 heavy (non-hydrogen) atoms. The molecule has 2 aliphatic rings. The van der Waals surface area contributed by atoms with E-state index < -0.39 is 11.7 Å². The molecule has 1 aliphatic heterocycles. The Bertz CT molecular complexity index is 994. The Labute approximate surface area is 190 Å². The molecule has 2 aromatic rings. The summed E-state index contributed by atoms with van der Waals surface area (Å²) in [5.41, 5.74) is 1.29. The van der Waals surface area contributed by atoms with E-state index in [4.69, 9.17) is 0 Å². The largest absolute Gasteiger partial charge is 0.417 e. The van der Waals surface area contributed by atoms with Crippen molar-refractivity contribution in [3.05, 3.63) is 53.7 Å². The number of anilines is 2. The number of benzene rings is 1. The molecule has 9 heteroatoms. The molecular formula is C24H27F3N4O2. The van der Waals surface area contributed by atoms with E-state index in [1.165, 1.54) is 6.07 Å². The maximum atomic E-state index is 13.3. The number of amides is 2. The van der Waals surface area contributed by atoms with E-state index in [9.17, 15) is 22.8 Å². The van der Waals surface area contributed by atoms with Crippen LogP contribution in [0.25, 0.3) is 0 Å². The minimum atomic E-state index is -4.43. The number of aromatic nitrogens is 1. The Balaban J connectivity index is 1.30. The Hall–Kier alpha value is -3.10. The van der Waals surface area contributed by atoms with Gasteiger partial charge in [0.15, 0.2) is 0 Å². The number of halogens is 3. The van der Waals surface area contributed by atoms with Crippen molar-refractivity contribution in [1.82, 2.24) is 10.3 Å². The first-order chi connectivity index (χ1) is 15.8. The lowest BCUT2D eigenvalue weighted by Gasteiger charge is -2.32. The molecular weight excluding hydrogens is 433 g/mol. The number of carbonyl (C=O) groups excluding carboxylic acids is 2. The van der Waals surface area contributed by atoms with Crippen LogP contribution in [0.2, 0.25) is 0 Å². The molecule has 0 spiro atoms. The zero-order chi connectivity index (χ0) is 23.4. The number of hydrogen-bond acceptors (Lipinski definition) is 4. The molecule has 0 radical (unpaired) electrons. The molecule has 2 heterocycles. The van der Waals surface area contributed by atoms with Crippen molar-refractivity contribution in [2.75, 3.05) is 29.9 Å². The molecule has 1 aromatic heterocycles. The highest BCUT2D eigenvalue weighted by Gasteiger charge is 2.39. The molecule has 1 aliphatic carbocycles. The average molecular weight is 461 g/mol. The first kappa shape index (κ1) is 23.1. The predicted octanol–water partition coefficient (Wildman–Crippen LogP) is 4.02. The van der Waals surface area contributed by atoms with E-state index >= 15 is 0 Å². The molecule has 0 saturated heterocycles. The normalized spacial score (nSPS) is 20.3. The minimum Gasteiger partial charge on any atom is -0.368 e. The van der Waals surface area contributed by atoms with Crippen LogP contribution in [0.1, 0.15) is 36.8 Å². The molecule has 6 nitrogen and oxygen atoms in total. The van der Waals surface area contributed by atoms with E-state index in [1.54, 1.807) is 0 Å². The summed E-state index contributed by atoms with van der Waals surface area (Å²) in [6, 6.07) is 10.1.